The first-order chi connectivity index (χ1) is 16.7. The fraction of sp³-hybridized carbons (Fsp3) is 0.296. The van der Waals surface area contributed by atoms with Gasteiger partial charge in [-0.15, -0.1) is 0 Å². The number of esters is 1. The fourth-order valence-corrected chi connectivity index (χ4v) is 5.01. The van der Waals surface area contributed by atoms with Crippen LogP contribution in [0.25, 0.3) is 0 Å². The van der Waals surface area contributed by atoms with Crippen molar-refractivity contribution < 1.29 is 18.7 Å². The van der Waals surface area contributed by atoms with Crippen molar-refractivity contribution in [3.63, 3.8) is 0 Å². The number of nitrogens with zero attached hydrogens (tertiary/aromatic N) is 2. The summed E-state index contributed by atoms with van der Waals surface area (Å²) in [5, 5.41) is 5.46. The average Bonchev–Trinajstić information content (AvgIpc) is 3.18. The molecule has 35 heavy (non-hydrogen) atoms. The largest absolute Gasteiger partial charge is 0.459 e. The predicted octanol–water partition coefficient (Wildman–Crippen LogP) is 5.37. The zero-order chi connectivity index (χ0) is 25.1. The summed E-state index contributed by atoms with van der Waals surface area (Å²) in [5.74, 6) is -0.968. The number of fused-ring (bicyclic) bond motifs is 1. The summed E-state index contributed by atoms with van der Waals surface area (Å²) in [6.45, 7) is 7.67. The van der Waals surface area contributed by atoms with Crippen LogP contribution in [0.4, 0.5) is 4.39 Å². The molecule has 2 heterocycles. The number of nitrogens with one attached hydrogen (secondary N) is 1. The fourth-order valence-electron chi connectivity index (χ4n) is 4.05. The molecule has 0 aromatic heterocycles. The van der Waals surface area contributed by atoms with E-state index < -0.39 is 12.0 Å². The van der Waals surface area contributed by atoms with Gasteiger partial charge in [0.15, 0.2) is 5.17 Å². The second-order valence-corrected chi connectivity index (χ2v) is 9.68. The molecule has 4 rings (SSSR count). The molecular weight excluding hydrogens is 465 g/mol. The van der Waals surface area contributed by atoms with Crippen LogP contribution in [0.1, 0.15) is 49.9 Å². The van der Waals surface area contributed by atoms with E-state index in [0.717, 1.165) is 16.8 Å². The summed E-state index contributed by atoms with van der Waals surface area (Å²) >= 11 is 1.42. The summed E-state index contributed by atoms with van der Waals surface area (Å²) in [4.78, 5) is 32.6. The first kappa shape index (κ1) is 24.7. The summed E-state index contributed by atoms with van der Waals surface area (Å²) < 4.78 is 19.0. The highest BCUT2D eigenvalue weighted by molar-refractivity contribution is 8.16. The second-order valence-electron chi connectivity index (χ2n) is 8.84. The lowest BCUT2D eigenvalue weighted by Crippen LogP contribution is -2.38. The smallest absolute Gasteiger partial charge is 0.338 e. The molecule has 2 aliphatic heterocycles. The number of thioether (sulfide) groups is 1. The molecule has 0 fully saturated rings. The molecule has 0 saturated heterocycles. The lowest BCUT2D eigenvalue weighted by molar-refractivity contribution is -0.143. The normalized spacial score (nSPS) is 17.2. The molecule has 2 aliphatic rings. The van der Waals surface area contributed by atoms with E-state index in [-0.39, 0.29) is 30.8 Å². The number of hydrogen-bond donors (Lipinski definition) is 1. The minimum absolute atomic E-state index is 0.0925. The van der Waals surface area contributed by atoms with Crippen LogP contribution in [0.3, 0.4) is 0 Å². The number of amidine groups is 1. The van der Waals surface area contributed by atoms with Gasteiger partial charge in [0, 0.05) is 12.2 Å². The maximum atomic E-state index is 13.5. The van der Waals surface area contributed by atoms with Gasteiger partial charge in [0.1, 0.15) is 5.82 Å². The van der Waals surface area contributed by atoms with Gasteiger partial charge in [0.05, 0.1) is 29.8 Å². The Labute approximate surface area is 209 Å². The SMILES string of the molecule is CC1=C(C(=O)OC(C)C)C(c2ccc(C)cc2)N2C(CC(=O)NCc3cccc(F)c3)=CSC2=N1. The quantitative estimate of drug-likeness (QED) is 0.526. The van der Waals surface area contributed by atoms with Crippen molar-refractivity contribution in [2.45, 2.75) is 52.8 Å². The predicted molar refractivity (Wildman–Crippen MR) is 136 cm³/mol. The lowest BCUT2D eigenvalue weighted by Gasteiger charge is -2.36. The van der Waals surface area contributed by atoms with Crippen molar-refractivity contribution in [1.82, 2.24) is 10.2 Å². The van der Waals surface area contributed by atoms with Crippen molar-refractivity contribution in [2.24, 2.45) is 4.99 Å². The number of allylic oxidation sites excluding steroid dienone is 1. The highest BCUT2D eigenvalue weighted by Crippen LogP contribution is 2.44. The third-order valence-corrected chi connectivity index (χ3v) is 6.57. The van der Waals surface area contributed by atoms with Crippen LogP contribution in [-0.2, 0) is 20.9 Å². The Balaban J connectivity index is 1.60. The number of hydrogen-bond acceptors (Lipinski definition) is 6. The van der Waals surface area contributed by atoms with Gasteiger partial charge in [0.2, 0.25) is 5.91 Å². The van der Waals surface area contributed by atoms with Crippen LogP contribution in [0.15, 0.2) is 75.9 Å². The average molecular weight is 494 g/mol. The molecule has 1 atom stereocenters. The number of rotatable bonds is 7. The molecule has 0 aliphatic carbocycles. The Morgan fingerprint density at radius 2 is 1.91 bits per heavy atom. The monoisotopic (exact) mass is 493 g/mol. The standard InChI is InChI=1S/C27H28FN3O3S/c1-16(2)34-26(33)24-18(4)30-27-31(25(24)20-10-8-17(3)9-11-20)22(15-35-27)13-23(32)29-14-19-6-5-7-21(28)12-19/h5-12,15-16,25H,13-14H2,1-4H3,(H,29,32). The maximum Gasteiger partial charge on any atom is 0.338 e. The molecule has 6 nitrogen and oxygen atoms in total. The summed E-state index contributed by atoms with van der Waals surface area (Å²) in [5.41, 5.74) is 4.49. The Hall–Kier alpha value is -3.39. The second kappa shape index (κ2) is 10.5. The van der Waals surface area contributed by atoms with Gasteiger partial charge in [-0.2, -0.15) is 0 Å². The first-order valence-electron chi connectivity index (χ1n) is 11.5. The number of amides is 1. The summed E-state index contributed by atoms with van der Waals surface area (Å²) in [6, 6.07) is 13.7. The Bertz CT molecular complexity index is 1230. The van der Waals surface area contributed by atoms with Crippen LogP contribution < -0.4 is 5.32 Å². The maximum absolute atomic E-state index is 13.5. The van der Waals surface area contributed by atoms with Crippen LogP contribution in [0.2, 0.25) is 0 Å². The van der Waals surface area contributed by atoms with Gasteiger partial charge < -0.3 is 15.0 Å². The first-order valence-corrected chi connectivity index (χ1v) is 12.3. The van der Waals surface area contributed by atoms with Crippen molar-refractivity contribution in [3.8, 4) is 0 Å². The van der Waals surface area contributed by atoms with E-state index in [2.05, 4.69) is 10.3 Å². The van der Waals surface area contributed by atoms with E-state index in [0.29, 0.717) is 22.0 Å². The van der Waals surface area contributed by atoms with E-state index in [1.807, 2.05) is 62.3 Å². The molecule has 0 saturated carbocycles. The number of ether oxygens (including phenoxy) is 1. The highest BCUT2D eigenvalue weighted by Gasteiger charge is 2.41. The zero-order valence-corrected chi connectivity index (χ0v) is 21.0. The van der Waals surface area contributed by atoms with Gasteiger partial charge in [-0.05, 0) is 56.4 Å². The van der Waals surface area contributed by atoms with Crippen molar-refractivity contribution in [3.05, 3.63) is 93.4 Å². The topological polar surface area (TPSA) is 71.0 Å². The van der Waals surface area contributed by atoms with E-state index >= 15 is 0 Å². The third-order valence-electron chi connectivity index (χ3n) is 5.68. The molecule has 182 valence electrons. The minimum Gasteiger partial charge on any atom is -0.459 e. The number of carbonyl (C=O) groups is 2. The molecule has 1 unspecified atom stereocenters. The summed E-state index contributed by atoms with van der Waals surface area (Å²) in [7, 11) is 0. The Morgan fingerprint density at radius 1 is 1.17 bits per heavy atom. The van der Waals surface area contributed by atoms with Crippen LogP contribution >= 0.6 is 11.8 Å². The number of carbonyl (C=O) groups excluding carboxylic acids is 2. The van der Waals surface area contributed by atoms with E-state index in [9.17, 15) is 14.0 Å². The van der Waals surface area contributed by atoms with Gasteiger partial charge in [-0.1, -0.05) is 53.7 Å². The molecule has 1 amide bonds. The van der Waals surface area contributed by atoms with Crippen molar-refractivity contribution in [1.29, 1.82) is 0 Å². The van der Waals surface area contributed by atoms with Gasteiger partial charge >= 0.3 is 5.97 Å². The molecule has 1 N–H and O–H groups in total. The minimum atomic E-state index is -0.466. The molecular formula is C27H28FN3O3S. The number of benzene rings is 2. The molecule has 2 aromatic rings. The lowest BCUT2D eigenvalue weighted by atomic mass is 9.93. The summed E-state index contributed by atoms with van der Waals surface area (Å²) in [6.07, 6.45) is -0.182. The number of halogens is 1. The zero-order valence-electron chi connectivity index (χ0n) is 20.2. The van der Waals surface area contributed by atoms with E-state index in [1.165, 1.54) is 23.9 Å². The van der Waals surface area contributed by atoms with E-state index in [1.54, 1.807) is 12.1 Å². The Morgan fingerprint density at radius 3 is 2.60 bits per heavy atom. The number of aryl methyl sites for hydroxylation is 1. The molecule has 0 radical (unpaired) electrons. The van der Waals surface area contributed by atoms with Crippen LogP contribution in [0, 0.1) is 12.7 Å². The van der Waals surface area contributed by atoms with Crippen molar-refractivity contribution >= 4 is 28.8 Å². The third kappa shape index (κ3) is 5.65. The molecule has 0 bridgehead atoms. The molecule has 8 heteroatoms. The Kier molecular flexibility index (Phi) is 7.40. The van der Waals surface area contributed by atoms with Crippen LogP contribution in [0.5, 0.6) is 0 Å². The van der Waals surface area contributed by atoms with Gasteiger partial charge in [0.25, 0.3) is 0 Å². The van der Waals surface area contributed by atoms with Gasteiger partial charge in [-0.3, -0.25) is 4.79 Å². The highest BCUT2D eigenvalue weighted by atomic mass is 32.2. The van der Waals surface area contributed by atoms with Crippen LogP contribution in [-0.4, -0.2) is 28.0 Å². The number of aliphatic imine (C=N–C) groups is 1. The molecule has 2 aromatic carbocycles. The van der Waals surface area contributed by atoms with E-state index in [4.69, 9.17) is 4.74 Å². The van der Waals surface area contributed by atoms with Crippen molar-refractivity contribution in [2.75, 3.05) is 0 Å². The van der Waals surface area contributed by atoms with Gasteiger partial charge in [-0.25, -0.2) is 14.2 Å². The molecule has 0 spiro atoms.